The van der Waals surface area contributed by atoms with Gasteiger partial charge in [0.25, 0.3) is 0 Å². The molecule has 4 atom stereocenters. The van der Waals surface area contributed by atoms with Gasteiger partial charge in [0.1, 0.15) is 24.5 Å². The first-order valence-electron chi connectivity index (χ1n) is 4.40. The molecule has 0 rings (SSSR count). The average Bonchev–Trinajstić information content (AvgIpc) is 2.26. The number of methoxy groups -OCH3 is 1. The molecule has 0 heterocycles. The summed E-state index contributed by atoms with van der Waals surface area (Å²) in [5.74, 6) is 0. The van der Waals surface area contributed by atoms with Gasteiger partial charge in [0.05, 0.1) is 6.61 Å². The van der Waals surface area contributed by atoms with Gasteiger partial charge >= 0.3 is 6.16 Å². The molecule has 0 bridgehead atoms. The van der Waals surface area contributed by atoms with Crippen molar-refractivity contribution in [2.75, 3.05) is 13.7 Å². The first kappa shape index (κ1) is 14.8. The van der Waals surface area contributed by atoms with Crippen molar-refractivity contribution in [3.05, 3.63) is 0 Å². The number of aliphatic hydroxyl groups excluding tert-OH is 2. The summed E-state index contributed by atoms with van der Waals surface area (Å²) in [6, 6.07) is -1.29. The highest BCUT2D eigenvalue weighted by Crippen LogP contribution is 2.11. The molecule has 0 amide bonds. The Bertz CT molecular complexity index is 234. The highest BCUT2D eigenvalue weighted by Gasteiger charge is 2.35. The number of carbonyl (C=O) groups is 2. The molecule has 16 heavy (non-hydrogen) atoms. The Morgan fingerprint density at radius 1 is 1.50 bits per heavy atom. The first-order valence-corrected chi connectivity index (χ1v) is 4.40. The van der Waals surface area contributed by atoms with Crippen molar-refractivity contribution >= 4 is 12.4 Å². The molecule has 8 heteroatoms. The lowest BCUT2D eigenvalue weighted by atomic mass is 10.0. The molecule has 0 aliphatic carbocycles. The topological polar surface area (TPSA) is 139 Å². The van der Waals surface area contributed by atoms with E-state index in [9.17, 15) is 14.7 Å². The number of ether oxygens (including phenoxy) is 2. The van der Waals surface area contributed by atoms with Gasteiger partial charge in [-0.15, -0.1) is 0 Å². The second-order valence-corrected chi connectivity index (χ2v) is 3.01. The number of hydrogen-bond acceptors (Lipinski definition) is 7. The molecule has 0 spiro atoms. The van der Waals surface area contributed by atoms with Gasteiger partial charge in [0, 0.05) is 7.11 Å². The summed E-state index contributed by atoms with van der Waals surface area (Å²) in [4.78, 5) is 20.8. The predicted molar refractivity (Wildman–Crippen MR) is 50.8 cm³/mol. The number of nitrogens with two attached hydrogens (primary N) is 1. The summed E-state index contributed by atoms with van der Waals surface area (Å²) in [5, 5.41) is 26.5. The number of rotatable bonds is 7. The SMILES string of the molecule is CO[C@@H]([C@H](OC(=O)O)[C@@H](N)C=O)[C@H](O)CO. The van der Waals surface area contributed by atoms with Crippen LogP contribution in [0.15, 0.2) is 0 Å². The Labute approximate surface area is 91.6 Å². The molecular weight excluding hydrogens is 222 g/mol. The summed E-state index contributed by atoms with van der Waals surface area (Å²) in [6.45, 7) is -0.677. The summed E-state index contributed by atoms with van der Waals surface area (Å²) in [6.07, 6.45) is -5.40. The van der Waals surface area contributed by atoms with Crippen LogP contribution < -0.4 is 5.73 Å². The third-order valence-corrected chi connectivity index (χ3v) is 1.94. The normalized spacial score (nSPS) is 18.2. The lowest BCUT2D eigenvalue weighted by molar-refractivity contribution is -0.125. The summed E-state index contributed by atoms with van der Waals surface area (Å²) in [5.41, 5.74) is 5.31. The van der Waals surface area contributed by atoms with Gasteiger partial charge in [-0.2, -0.15) is 0 Å². The molecule has 0 unspecified atom stereocenters. The third kappa shape index (κ3) is 4.11. The molecule has 8 nitrogen and oxygen atoms in total. The molecule has 0 fully saturated rings. The van der Waals surface area contributed by atoms with Crippen molar-refractivity contribution < 1.29 is 34.4 Å². The van der Waals surface area contributed by atoms with Gasteiger partial charge in [0.15, 0.2) is 6.10 Å². The fraction of sp³-hybridized carbons (Fsp3) is 0.750. The Balaban J connectivity index is 4.81. The van der Waals surface area contributed by atoms with E-state index < -0.39 is 37.1 Å². The second kappa shape index (κ2) is 7.12. The number of carbonyl (C=O) groups excluding carboxylic acids is 1. The van der Waals surface area contributed by atoms with Crippen LogP contribution in [0.25, 0.3) is 0 Å². The molecular formula is C8H15NO7. The van der Waals surface area contributed by atoms with Crippen LogP contribution >= 0.6 is 0 Å². The van der Waals surface area contributed by atoms with Crippen molar-refractivity contribution in [1.29, 1.82) is 0 Å². The largest absolute Gasteiger partial charge is 0.506 e. The van der Waals surface area contributed by atoms with Crippen molar-refractivity contribution in [1.82, 2.24) is 0 Å². The number of hydrogen-bond donors (Lipinski definition) is 4. The highest BCUT2D eigenvalue weighted by atomic mass is 16.7. The van der Waals surface area contributed by atoms with Crippen molar-refractivity contribution in [3.63, 3.8) is 0 Å². The second-order valence-electron chi connectivity index (χ2n) is 3.01. The number of carboxylic acid groups (broad SMARTS) is 1. The van der Waals surface area contributed by atoms with Gasteiger partial charge in [-0.1, -0.05) is 0 Å². The zero-order valence-electron chi connectivity index (χ0n) is 8.65. The Kier molecular flexibility index (Phi) is 6.58. The minimum Gasteiger partial charge on any atom is -0.450 e. The molecule has 0 aliphatic rings. The molecule has 0 aromatic rings. The van der Waals surface area contributed by atoms with Crippen LogP contribution in [0.5, 0.6) is 0 Å². The highest BCUT2D eigenvalue weighted by molar-refractivity contribution is 5.61. The fourth-order valence-electron chi connectivity index (χ4n) is 1.17. The van der Waals surface area contributed by atoms with E-state index in [-0.39, 0.29) is 6.29 Å². The van der Waals surface area contributed by atoms with E-state index in [4.69, 9.17) is 20.7 Å². The lowest BCUT2D eigenvalue weighted by Crippen LogP contribution is -2.53. The maximum absolute atomic E-state index is 10.5. The van der Waals surface area contributed by atoms with E-state index in [1.165, 1.54) is 7.11 Å². The van der Waals surface area contributed by atoms with E-state index >= 15 is 0 Å². The minimum atomic E-state index is -1.66. The van der Waals surface area contributed by atoms with Gasteiger partial charge < -0.3 is 35.3 Å². The lowest BCUT2D eigenvalue weighted by Gasteiger charge is -2.29. The van der Waals surface area contributed by atoms with Gasteiger partial charge in [-0.05, 0) is 0 Å². The zero-order valence-corrected chi connectivity index (χ0v) is 8.65. The van der Waals surface area contributed by atoms with E-state index in [1.807, 2.05) is 0 Å². The minimum absolute atomic E-state index is 0.268. The monoisotopic (exact) mass is 237 g/mol. The third-order valence-electron chi connectivity index (χ3n) is 1.94. The van der Waals surface area contributed by atoms with E-state index in [0.717, 1.165) is 0 Å². The Morgan fingerprint density at radius 3 is 2.38 bits per heavy atom. The Morgan fingerprint density at radius 2 is 2.06 bits per heavy atom. The molecule has 0 aromatic carbocycles. The van der Waals surface area contributed by atoms with E-state index in [1.54, 1.807) is 0 Å². The number of aliphatic hydroxyl groups is 2. The molecule has 0 radical (unpaired) electrons. The van der Waals surface area contributed by atoms with Crippen LogP contribution in [0.2, 0.25) is 0 Å². The molecule has 5 N–H and O–H groups in total. The molecule has 0 saturated heterocycles. The van der Waals surface area contributed by atoms with Gasteiger partial charge in [-0.3, -0.25) is 0 Å². The van der Waals surface area contributed by atoms with Crippen LogP contribution in [-0.2, 0) is 14.3 Å². The maximum atomic E-state index is 10.5. The van der Waals surface area contributed by atoms with Crippen LogP contribution in [0.4, 0.5) is 4.79 Å². The molecule has 94 valence electrons. The molecule has 0 aliphatic heterocycles. The maximum Gasteiger partial charge on any atom is 0.506 e. The predicted octanol–water partition coefficient (Wildman–Crippen LogP) is -2.06. The van der Waals surface area contributed by atoms with Crippen LogP contribution in [-0.4, -0.2) is 65.8 Å². The summed E-state index contributed by atoms with van der Waals surface area (Å²) in [7, 11) is 1.17. The molecule has 0 aromatic heterocycles. The van der Waals surface area contributed by atoms with Gasteiger partial charge in [0.2, 0.25) is 0 Å². The molecule has 0 saturated carbocycles. The smallest absolute Gasteiger partial charge is 0.450 e. The fourth-order valence-corrected chi connectivity index (χ4v) is 1.17. The first-order chi connectivity index (χ1) is 7.47. The number of aldehydes is 1. The quantitative estimate of drug-likeness (QED) is 0.293. The summed E-state index contributed by atoms with van der Waals surface area (Å²) >= 11 is 0. The van der Waals surface area contributed by atoms with Crippen LogP contribution in [0, 0.1) is 0 Å². The van der Waals surface area contributed by atoms with E-state index in [0.29, 0.717) is 0 Å². The van der Waals surface area contributed by atoms with Crippen LogP contribution in [0.1, 0.15) is 0 Å². The van der Waals surface area contributed by atoms with Crippen LogP contribution in [0.3, 0.4) is 0 Å². The standard InChI is InChI=1S/C8H15NO7/c1-15-7(5(12)3-11)6(4(9)2-10)16-8(13)14/h2,4-7,11-12H,3,9H2,1H3,(H,13,14)/t4-,5+,6+,7+/m0/s1. The average molecular weight is 237 g/mol. The van der Waals surface area contributed by atoms with Crippen molar-refractivity contribution in [2.45, 2.75) is 24.4 Å². The van der Waals surface area contributed by atoms with E-state index in [2.05, 4.69) is 4.74 Å². The Hall–Kier alpha value is -1.22. The zero-order chi connectivity index (χ0) is 12.7. The van der Waals surface area contributed by atoms with Gasteiger partial charge in [-0.25, -0.2) is 4.79 Å². The summed E-state index contributed by atoms with van der Waals surface area (Å²) < 4.78 is 9.10. The van der Waals surface area contributed by atoms with Crippen molar-refractivity contribution in [3.8, 4) is 0 Å². The van der Waals surface area contributed by atoms with Crippen molar-refractivity contribution in [2.24, 2.45) is 5.73 Å².